The number of aromatic nitrogens is 3. The second-order valence-corrected chi connectivity index (χ2v) is 7.08. The highest BCUT2D eigenvalue weighted by Crippen LogP contribution is 2.46. The first-order valence-corrected chi connectivity index (χ1v) is 8.68. The van der Waals surface area contributed by atoms with Gasteiger partial charge in [-0.2, -0.15) is 5.12 Å². The molecule has 1 saturated carbocycles. The van der Waals surface area contributed by atoms with Crippen LogP contribution >= 0.6 is 11.8 Å². The van der Waals surface area contributed by atoms with Crippen molar-refractivity contribution in [3.8, 4) is 0 Å². The summed E-state index contributed by atoms with van der Waals surface area (Å²) in [4.78, 5) is 8.79. The third kappa shape index (κ3) is 1.80. The molecule has 0 amide bonds. The second kappa shape index (κ2) is 4.66. The fourth-order valence-electron chi connectivity index (χ4n) is 3.76. The van der Waals surface area contributed by atoms with Crippen molar-refractivity contribution in [2.45, 2.75) is 24.9 Å². The molecular formula is C16H15ClN8. The van der Waals surface area contributed by atoms with E-state index in [2.05, 4.69) is 32.4 Å². The molecule has 1 atom stereocenters. The first kappa shape index (κ1) is 13.5. The minimum Gasteiger partial charge on any atom is -0.305 e. The highest BCUT2D eigenvalue weighted by atomic mass is 35.5. The molecule has 1 aromatic carbocycles. The average Bonchev–Trinajstić information content (AvgIpc) is 3.05. The Bertz CT molecular complexity index is 916. The minimum atomic E-state index is -0.127. The number of hydrogen-bond acceptors (Lipinski definition) is 7. The molecule has 9 heteroatoms. The quantitative estimate of drug-likeness (QED) is 0.770. The second-order valence-electron chi connectivity index (χ2n) is 6.64. The predicted octanol–water partition coefficient (Wildman–Crippen LogP) is 2.10. The van der Waals surface area contributed by atoms with E-state index in [4.69, 9.17) is 16.8 Å². The number of hydrazine groups is 1. The molecule has 0 spiro atoms. The number of nitrogens with zero attached hydrogens (tertiary/aromatic N) is 8. The molecule has 1 aromatic heterocycles. The zero-order chi connectivity index (χ0) is 16.5. The van der Waals surface area contributed by atoms with Crippen molar-refractivity contribution < 1.29 is 0 Å². The molecule has 25 heavy (non-hydrogen) atoms. The van der Waals surface area contributed by atoms with Gasteiger partial charge in [0.1, 0.15) is 13.0 Å². The molecule has 4 heterocycles. The molecule has 6 rings (SSSR count). The van der Waals surface area contributed by atoms with Crippen molar-refractivity contribution in [3.63, 3.8) is 0 Å². The van der Waals surface area contributed by atoms with Gasteiger partial charge in [0, 0.05) is 23.3 Å². The molecule has 1 unspecified atom stereocenters. The summed E-state index contributed by atoms with van der Waals surface area (Å²) in [6, 6.07) is 8.32. The van der Waals surface area contributed by atoms with Crippen LogP contribution in [0.2, 0.25) is 0 Å². The third-order valence-electron chi connectivity index (χ3n) is 5.06. The monoisotopic (exact) mass is 354 g/mol. The first-order valence-electron chi connectivity index (χ1n) is 8.34. The van der Waals surface area contributed by atoms with Crippen LogP contribution in [-0.2, 0) is 0 Å². The number of anilines is 1. The highest BCUT2D eigenvalue weighted by Gasteiger charge is 2.45. The molecule has 0 saturated heterocycles. The number of benzene rings is 1. The first-order chi connectivity index (χ1) is 12.3. The number of rotatable bonds is 2. The lowest BCUT2D eigenvalue weighted by molar-refractivity contribution is 0.223. The SMILES string of the molecule is ClN1C=C2N(C1)c1ccccc1C1N=CN(n3nncc3C3CC3)N21. The maximum absolute atomic E-state index is 6.30. The van der Waals surface area contributed by atoms with Crippen LogP contribution in [0, 0.1) is 0 Å². The number of aliphatic imine (C=N–C) groups is 1. The van der Waals surface area contributed by atoms with Crippen LogP contribution in [0.15, 0.2) is 47.5 Å². The molecule has 3 aliphatic heterocycles. The Kier molecular flexibility index (Phi) is 2.53. The minimum absolute atomic E-state index is 0.127. The fourth-order valence-corrected chi connectivity index (χ4v) is 3.95. The molecule has 4 aliphatic rings. The Balaban J connectivity index is 1.50. The zero-order valence-corrected chi connectivity index (χ0v) is 14.0. The Morgan fingerprint density at radius 2 is 2.04 bits per heavy atom. The van der Waals surface area contributed by atoms with E-state index in [1.807, 2.05) is 40.8 Å². The number of hydrogen-bond donors (Lipinski definition) is 0. The van der Waals surface area contributed by atoms with Crippen LogP contribution in [0.25, 0.3) is 0 Å². The summed E-state index contributed by atoms with van der Waals surface area (Å²) in [7, 11) is 0. The summed E-state index contributed by atoms with van der Waals surface area (Å²) < 4.78 is 1.66. The molecular weight excluding hydrogens is 340 g/mol. The van der Waals surface area contributed by atoms with Crippen molar-refractivity contribution in [2.24, 2.45) is 4.99 Å². The molecule has 2 aromatic rings. The topological polar surface area (TPSA) is 56.0 Å². The molecule has 0 radical (unpaired) electrons. The summed E-state index contributed by atoms with van der Waals surface area (Å²) in [5.41, 5.74) is 3.41. The summed E-state index contributed by atoms with van der Waals surface area (Å²) in [6.07, 6.45) is 7.86. The molecule has 0 bridgehead atoms. The molecule has 8 nitrogen and oxygen atoms in total. The van der Waals surface area contributed by atoms with Gasteiger partial charge in [-0.1, -0.05) is 18.2 Å². The van der Waals surface area contributed by atoms with Crippen molar-refractivity contribution in [1.82, 2.24) is 24.5 Å². The lowest BCUT2D eigenvalue weighted by Gasteiger charge is -2.42. The standard InChI is InChI=1S/C16H15ClN8/c17-21-8-15-22(10-21)13-4-2-1-3-12(13)16-18-9-23(24(15)16)25-14(7-19-20-25)11-5-6-11/h1-4,7-9,11,16H,5-6,10H2. The van der Waals surface area contributed by atoms with Gasteiger partial charge in [-0.05, 0) is 24.1 Å². The van der Waals surface area contributed by atoms with Crippen molar-refractivity contribution in [2.75, 3.05) is 16.7 Å². The highest BCUT2D eigenvalue weighted by molar-refractivity contribution is 6.14. The van der Waals surface area contributed by atoms with Crippen LogP contribution in [0.5, 0.6) is 0 Å². The van der Waals surface area contributed by atoms with Crippen LogP contribution in [-0.4, -0.2) is 37.5 Å². The lowest BCUT2D eigenvalue weighted by Crippen LogP contribution is -2.51. The molecule has 1 aliphatic carbocycles. The van der Waals surface area contributed by atoms with Gasteiger partial charge in [0.05, 0.1) is 23.8 Å². The van der Waals surface area contributed by atoms with Gasteiger partial charge in [-0.15, -0.1) is 9.89 Å². The fraction of sp³-hybridized carbons (Fsp3) is 0.312. The lowest BCUT2D eigenvalue weighted by atomic mass is 10.1. The Labute approximate surface area is 149 Å². The maximum Gasteiger partial charge on any atom is 0.173 e. The van der Waals surface area contributed by atoms with E-state index in [0.717, 1.165) is 22.8 Å². The maximum atomic E-state index is 6.30. The van der Waals surface area contributed by atoms with E-state index in [9.17, 15) is 0 Å². The summed E-state index contributed by atoms with van der Waals surface area (Å²) in [5.74, 6) is 1.52. The Hall–Kier alpha value is -2.74. The van der Waals surface area contributed by atoms with Gasteiger partial charge >= 0.3 is 0 Å². The van der Waals surface area contributed by atoms with Crippen LogP contribution in [0.4, 0.5) is 5.69 Å². The van der Waals surface area contributed by atoms with Gasteiger partial charge in [0.2, 0.25) is 0 Å². The van der Waals surface area contributed by atoms with Crippen LogP contribution < -0.4 is 10.0 Å². The van der Waals surface area contributed by atoms with Gasteiger partial charge in [0.25, 0.3) is 0 Å². The van der Waals surface area contributed by atoms with Gasteiger partial charge in [-0.3, -0.25) is 4.42 Å². The third-order valence-corrected chi connectivity index (χ3v) is 5.26. The number of fused-ring (bicyclic) bond motifs is 6. The van der Waals surface area contributed by atoms with Crippen molar-refractivity contribution >= 4 is 23.8 Å². The Morgan fingerprint density at radius 3 is 2.92 bits per heavy atom. The number of halogens is 1. The van der Waals surface area contributed by atoms with E-state index in [1.165, 1.54) is 12.8 Å². The summed E-state index contributed by atoms with van der Waals surface area (Å²) >= 11 is 6.30. The van der Waals surface area contributed by atoms with E-state index in [-0.39, 0.29) is 6.17 Å². The smallest absolute Gasteiger partial charge is 0.173 e. The van der Waals surface area contributed by atoms with Gasteiger partial charge < -0.3 is 4.90 Å². The molecule has 0 N–H and O–H groups in total. The van der Waals surface area contributed by atoms with E-state index in [1.54, 1.807) is 4.42 Å². The van der Waals surface area contributed by atoms with Crippen LogP contribution in [0.3, 0.4) is 0 Å². The van der Waals surface area contributed by atoms with E-state index < -0.39 is 0 Å². The largest absolute Gasteiger partial charge is 0.305 e. The average molecular weight is 355 g/mol. The zero-order valence-electron chi connectivity index (χ0n) is 13.3. The van der Waals surface area contributed by atoms with E-state index >= 15 is 0 Å². The summed E-state index contributed by atoms with van der Waals surface area (Å²) in [5, 5.41) is 12.5. The molecule has 126 valence electrons. The van der Waals surface area contributed by atoms with E-state index in [0.29, 0.717) is 12.6 Å². The normalized spacial score (nSPS) is 23.7. The summed E-state index contributed by atoms with van der Waals surface area (Å²) in [6.45, 7) is 0.595. The van der Waals surface area contributed by atoms with Gasteiger partial charge in [0.15, 0.2) is 12.0 Å². The number of para-hydroxylation sites is 1. The van der Waals surface area contributed by atoms with Crippen LogP contribution in [0.1, 0.15) is 36.2 Å². The van der Waals surface area contributed by atoms with Gasteiger partial charge in [-0.25, -0.2) is 10.0 Å². The predicted molar refractivity (Wildman–Crippen MR) is 92.8 cm³/mol. The van der Waals surface area contributed by atoms with Crippen molar-refractivity contribution in [1.29, 1.82) is 0 Å². The van der Waals surface area contributed by atoms with Crippen molar-refractivity contribution in [3.05, 3.63) is 53.7 Å². The Morgan fingerprint density at radius 1 is 1.16 bits per heavy atom. The molecule has 1 fully saturated rings.